The summed E-state index contributed by atoms with van der Waals surface area (Å²) in [6.07, 6.45) is -0.503. The molecule has 0 spiro atoms. The minimum atomic E-state index is -5.55. The lowest BCUT2D eigenvalue weighted by Crippen LogP contribution is -2.55. The Bertz CT molecular complexity index is 1400. The Labute approximate surface area is 207 Å². The number of hydrogen-bond donors (Lipinski definition) is 5. The molecular formula is C19H23F2N3O11P2. The molecule has 37 heavy (non-hydrogen) atoms. The summed E-state index contributed by atoms with van der Waals surface area (Å²) in [6, 6.07) is -0.183. The minimum Gasteiger partial charge on any atom is -0.477 e. The van der Waals surface area contributed by atoms with Crippen LogP contribution >= 0.6 is 15.2 Å². The van der Waals surface area contributed by atoms with Crippen LogP contribution < -0.4 is 10.3 Å². The lowest BCUT2D eigenvalue weighted by atomic mass is 10.1. The Balaban J connectivity index is 1.95. The molecule has 5 N–H and O–H groups in total. The number of nitrogens with zero attached hydrogens (tertiary/aromatic N) is 3. The standard InChI is InChI=1S/C19H23F2N3O11P2/c1-3-22-8-11(17(26)27)16(25)10-6-12(20)15(13(21)14(10)22)23-4-5-24(9(2)7-23)18(28)35-19(36(29,30)31)37(32,33)34/h6,8-9,19H,3-5,7H2,1-2H3,(H,26,27)(H2,29,30,31)(H2,32,33,34). The molecular weight excluding hydrogens is 546 g/mol. The molecule has 0 bridgehead atoms. The third-order valence-electron chi connectivity index (χ3n) is 5.76. The topological polar surface area (TPSA) is 207 Å². The molecule has 18 heteroatoms. The zero-order valence-corrected chi connectivity index (χ0v) is 21.1. The fraction of sp³-hybridized carbons (Fsp3) is 0.421. The van der Waals surface area contributed by atoms with Gasteiger partial charge < -0.3 is 43.8 Å². The average Bonchev–Trinajstić information content (AvgIpc) is 2.76. The van der Waals surface area contributed by atoms with Gasteiger partial charge in [-0.1, -0.05) is 0 Å². The summed E-state index contributed by atoms with van der Waals surface area (Å²) in [5, 5.41) is 8.77. The molecule has 1 amide bonds. The van der Waals surface area contributed by atoms with Crippen LogP contribution in [-0.2, 0) is 20.4 Å². The number of benzene rings is 1. The summed E-state index contributed by atoms with van der Waals surface area (Å²) in [5.41, 5.74) is -5.63. The summed E-state index contributed by atoms with van der Waals surface area (Å²) >= 11 is 0. The molecule has 1 aliphatic rings. The van der Waals surface area contributed by atoms with Crippen LogP contribution in [0.3, 0.4) is 0 Å². The molecule has 1 saturated heterocycles. The van der Waals surface area contributed by atoms with Crippen molar-refractivity contribution in [3.63, 3.8) is 0 Å². The molecule has 1 fully saturated rings. The van der Waals surface area contributed by atoms with Crippen molar-refractivity contribution in [2.45, 2.75) is 32.0 Å². The largest absolute Gasteiger partial charge is 0.477 e. The lowest BCUT2D eigenvalue weighted by Gasteiger charge is -2.40. The van der Waals surface area contributed by atoms with Gasteiger partial charge in [0, 0.05) is 38.4 Å². The van der Waals surface area contributed by atoms with Gasteiger partial charge in [-0.3, -0.25) is 13.9 Å². The van der Waals surface area contributed by atoms with Gasteiger partial charge in [0.15, 0.2) is 5.82 Å². The van der Waals surface area contributed by atoms with Crippen molar-refractivity contribution in [1.29, 1.82) is 0 Å². The minimum absolute atomic E-state index is 0.0510. The van der Waals surface area contributed by atoms with Crippen LogP contribution in [0.4, 0.5) is 19.3 Å². The number of halogens is 2. The summed E-state index contributed by atoms with van der Waals surface area (Å²) in [5.74, 6) is -3.87. The highest BCUT2D eigenvalue weighted by Gasteiger charge is 2.48. The Kier molecular flexibility index (Phi) is 7.85. The van der Waals surface area contributed by atoms with Gasteiger partial charge in [-0.25, -0.2) is 18.4 Å². The van der Waals surface area contributed by atoms with Crippen LogP contribution in [0.5, 0.6) is 0 Å². The second kappa shape index (κ2) is 10.1. The van der Waals surface area contributed by atoms with Gasteiger partial charge in [-0.2, -0.15) is 0 Å². The molecule has 204 valence electrons. The molecule has 2 aromatic rings. The van der Waals surface area contributed by atoms with Crippen molar-refractivity contribution in [2.75, 3.05) is 24.5 Å². The van der Waals surface area contributed by atoms with E-state index in [1.54, 1.807) is 6.92 Å². The van der Waals surface area contributed by atoms with Crippen molar-refractivity contribution < 1.29 is 56.9 Å². The van der Waals surface area contributed by atoms with E-state index in [0.29, 0.717) is 0 Å². The van der Waals surface area contributed by atoms with E-state index in [1.165, 1.54) is 11.8 Å². The number of carbonyl (C=O) groups excluding carboxylic acids is 1. The molecule has 0 aliphatic carbocycles. The van der Waals surface area contributed by atoms with Crippen molar-refractivity contribution in [3.05, 3.63) is 39.7 Å². The van der Waals surface area contributed by atoms with Crippen LogP contribution in [0.25, 0.3) is 10.9 Å². The van der Waals surface area contributed by atoms with Crippen molar-refractivity contribution in [2.24, 2.45) is 0 Å². The summed E-state index contributed by atoms with van der Waals surface area (Å²) in [4.78, 5) is 75.0. The van der Waals surface area contributed by atoms with E-state index in [9.17, 15) is 28.6 Å². The van der Waals surface area contributed by atoms with Crippen molar-refractivity contribution in [1.82, 2.24) is 9.47 Å². The number of amides is 1. The first-order valence-electron chi connectivity index (χ1n) is 10.6. The number of pyridine rings is 1. The van der Waals surface area contributed by atoms with Gasteiger partial charge in [0.25, 0.3) is 0 Å². The number of aromatic nitrogens is 1. The summed E-state index contributed by atoms with van der Waals surface area (Å²) in [7, 11) is -11.1. The van der Waals surface area contributed by atoms with Crippen LogP contribution in [0.1, 0.15) is 24.2 Å². The summed E-state index contributed by atoms with van der Waals surface area (Å²) < 4.78 is 59.0. The number of carboxylic acids is 1. The number of rotatable bonds is 6. The zero-order chi connectivity index (χ0) is 28.0. The first-order valence-corrected chi connectivity index (χ1v) is 14.0. The first kappa shape index (κ1) is 28.7. The molecule has 14 nitrogen and oxygen atoms in total. The predicted molar refractivity (Wildman–Crippen MR) is 123 cm³/mol. The maximum absolute atomic E-state index is 15.6. The summed E-state index contributed by atoms with van der Waals surface area (Å²) in [6.45, 7) is 2.22. The molecule has 2 heterocycles. The van der Waals surface area contributed by atoms with Gasteiger partial charge in [-0.15, -0.1) is 0 Å². The number of anilines is 1. The van der Waals surface area contributed by atoms with Gasteiger partial charge in [0.2, 0.25) is 5.43 Å². The number of aryl methyl sites for hydroxylation is 1. The number of hydrogen-bond acceptors (Lipinski definition) is 7. The Morgan fingerprint density at radius 2 is 1.76 bits per heavy atom. The van der Waals surface area contributed by atoms with Crippen LogP contribution in [-0.4, -0.2) is 77.5 Å². The quantitative estimate of drug-likeness (QED) is 0.312. The number of aromatic carboxylic acids is 1. The van der Waals surface area contributed by atoms with Crippen molar-refractivity contribution >= 4 is 43.8 Å². The monoisotopic (exact) mass is 569 g/mol. The van der Waals surface area contributed by atoms with E-state index in [4.69, 9.17) is 19.6 Å². The average molecular weight is 569 g/mol. The Hall–Kier alpha value is -2.87. The maximum atomic E-state index is 15.6. The van der Waals surface area contributed by atoms with Gasteiger partial charge in [-0.05, 0) is 19.9 Å². The molecule has 1 aliphatic heterocycles. The number of fused-ring (bicyclic) bond motifs is 1. The smallest absolute Gasteiger partial charge is 0.411 e. The molecule has 3 rings (SSSR count). The Morgan fingerprint density at radius 1 is 1.16 bits per heavy atom. The second-order valence-corrected chi connectivity index (χ2v) is 12.0. The molecule has 0 saturated carbocycles. The second-order valence-electron chi connectivity index (χ2n) is 8.26. The van der Waals surface area contributed by atoms with Crippen molar-refractivity contribution in [3.8, 4) is 0 Å². The first-order chi connectivity index (χ1) is 17.0. The Morgan fingerprint density at radius 3 is 2.24 bits per heavy atom. The number of piperazine rings is 1. The maximum Gasteiger partial charge on any atom is 0.411 e. The lowest BCUT2D eigenvalue weighted by molar-refractivity contribution is 0.0694. The van der Waals surface area contributed by atoms with Gasteiger partial charge in [0.05, 0.1) is 10.9 Å². The SMILES string of the molecule is CCn1cc(C(=O)O)c(=O)c2cc(F)c(N3CCN(C(=O)OC(P(=O)(O)O)P(=O)(O)O)C(C)C3)c(F)c21. The number of carboxylic acid groups (broad SMARTS) is 1. The highest BCUT2D eigenvalue weighted by Crippen LogP contribution is 2.60. The fourth-order valence-corrected chi connectivity index (χ4v) is 6.11. The molecule has 0 radical (unpaired) electrons. The third-order valence-corrected chi connectivity index (χ3v) is 8.93. The van der Waals surface area contributed by atoms with E-state index >= 15 is 8.78 Å². The molecule has 1 unspecified atom stereocenters. The normalized spacial score (nSPS) is 16.9. The van der Waals surface area contributed by atoms with Crippen LogP contribution in [0.15, 0.2) is 17.1 Å². The van der Waals surface area contributed by atoms with Crippen LogP contribution in [0.2, 0.25) is 0 Å². The highest BCUT2D eigenvalue weighted by molar-refractivity contribution is 7.70. The van der Waals surface area contributed by atoms with Gasteiger partial charge >= 0.3 is 32.8 Å². The van der Waals surface area contributed by atoms with E-state index in [1.807, 2.05) is 0 Å². The molecule has 1 aromatic carbocycles. The molecule has 1 atom stereocenters. The highest BCUT2D eigenvalue weighted by atomic mass is 31.2. The number of carbonyl (C=O) groups is 2. The fourth-order valence-electron chi connectivity index (χ4n) is 4.09. The van der Waals surface area contributed by atoms with E-state index in [2.05, 4.69) is 4.74 Å². The van der Waals surface area contributed by atoms with E-state index < -0.39 is 72.6 Å². The molecule has 1 aromatic heterocycles. The van der Waals surface area contributed by atoms with Gasteiger partial charge in [0.1, 0.15) is 17.1 Å². The van der Waals surface area contributed by atoms with Crippen LogP contribution in [0, 0.1) is 11.6 Å². The van der Waals surface area contributed by atoms with E-state index in [0.717, 1.165) is 21.7 Å². The third kappa shape index (κ3) is 5.54. The zero-order valence-electron chi connectivity index (χ0n) is 19.3. The predicted octanol–water partition coefficient (Wildman–Crippen LogP) is 1.28. The van der Waals surface area contributed by atoms with E-state index in [-0.39, 0.29) is 31.7 Å². The number of ether oxygens (including phenoxy) is 1.